The minimum atomic E-state index is -1.09. The minimum Gasteiger partial charge on any atom is -0.870 e. The van der Waals surface area contributed by atoms with E-state index in [4.69, 9.17) is 19.3 Å². The molecule has 2 aromatic heterocycles. The zero-order chi connectivity index (χ0) is 35.6. The van der Waals surface area contributed by atoms with Gasteiger partial charge in [0.1, 0.15) is 11.5 Å². The second-order valence-electron chi connectivity index (χ2n) is 11.5. The Hall–Kier alpha value is -4.26. The molecular weight excluding hydrogens is 723 g/mol. The van der Waals surface area contributed by atoms with E-state index in [9.17, 15) is 9.59 Å². The first kappa shape index (κ1) is 44.9. The summed E-state index contributed by atoms with van der Waals surface area (Å²) in [5.74, 6) is -0.152. The van der Waals surface area contributed by atoms with Crippen molar-refractivity contribution in [2.45, 2.75) is 6.92 Å². The molecule has 21 heteroatoms. The third kappa shape index (κ3) is 12.1. The van der Waals surface area contributed by atoms with E-state index in [0.717, 1.165) is 97.8 Å². The van der Waals surface area contributed by atoms with Gasteiger partial charge in [0.05, 0.1) is 32.2 Å². The number of methoxy groups -OCH3 is 2. The van der Waals surface area contributed by atoms with E-state index in [1.54, 1.807) is 21.1 Å². The average molecular weight is 769 g/mol. The number of anilines is 6. The molecule has 0 aliphatic carbocycles. The van der Waals surface area contributed by atoms with Crippen LogP contribution in [-0.2, 0) is 4.74 Å². The number of carbonyl (C=O) groups is 2. The molecule has 0 unspecified atom stereocenters. The van der Waals surface area contributed by atoms with Crippen molar-refractivity contribution in [1.29, 1.82) is 0 Å². The standard InChI is InChI=1S/C17H23N5O3S.C15H19N5O3S.Li.2H2O/c1-4-25-16(23)15-19-20-17(26-15)18-13-6-5-12(11-14(13)24-3)22-9-7-21(2)8-10-22;1-19-5-7-20(8-6-19)10-3-4-11(12(9-10)23-2)16-15-18-17-13(24-15)14(21)22;;;/h5-6,11H,4,7-10H2,1-3H3,(H,18,20);3-4,9H,5-8H2,1-2H3,(H,16,18)(H,21,22);;2*1H2/q;;+1;;/p-1. The van der Waals surface area contributed by atoms with Crippen LogP contribution in [0.2, 0.25) is 0 Å². The Labute approximate surface area is 327 Å². The number of aromatic nitrogens is 4. The number of carboxylic acids is 1. The summed E-state index contributed by atoms with van der Waals surface area (Å²) in [6.45, 7) is 10.2. The van der Waals surface area contributed by atoms with Gasteiger partial charge in [0.15, 0.2) is 0 Å². The van der Waals surface area contributed by atoms with Gasteiger partial charge < -0.3 is 60.5 Å². The van der Waals surface area contributed by atoms with E-state index in [1.807, 2.05) is 30.3 Å². The molecule has 0 radical (unpaired) electrons. The van der Waals surface area contributed by atoms with Crippen molar-refractivity contribution in [3.63, 3.8) is 0 Å². The second kappa shape index (κ2) is 21.4. The van der Waals surface area contributed by atoms with E-state index >= 15 is 0 Å². The number of carboxylic acid groups (broad SMARTS) is 1. The predicted molar refractivity (Wildman–Crippen MR) is 200 cm³/mol. The second-order valence-corrected chi connectivity index (χ2v) is 13.4. The Bertz CT molecular complexity index is 1750. The number of nitrogens with one attached hydrogen (secondary N) is 2. The van der Waals surface area contributed by atoms with E-state index in [1.165, 1.54) is 0 Å². The summed E-state index contributed by atoms with van der Waals surface area (Å²) in [6, 6.07) is 11.9. The number of ether oxygens (including phenoxy) is 3. The Balaban J connectivity index is 0.000000348. The summed E-state index contributed by atoms with van der Waals surface area (Å²) in [7, 11) is 7.51. The smallest absolute Gasteiger partial charge is 0.870 e. The van der Waals surface area contributed by atoms with Gasteiger partial charge in [0.2, 0.25) is 20.3 Å². The molecule has 2 fully saturated rings. The first-order chi connectivity index (χ1) is 24.2. The molecule has 6 N–H and O–H groups in total. The first-order valence-corrected chi connectivity index (χ1v) is 17.6. The Morgan fingerprint density at radius 2 is 1.15 bits per heavy atom. The number of benzene rings is 2. The predicted octanol–water partition coefficient (Wildman–Crippen LogP) is -0.0384. The van der Waals surface area contributed by atoms with Crippen molar-refractivity contribution in [2.24, 2.45) is 0 Å². The number of rotatable bonds is 11. The molecule has 53 heavy (non-hydrogen) atoms. The molecular formula is C32H45LiN10O8S2. The Kier molecular flexibility index (Phi) is 18.2. The van der Waals surface area contributed by atoms with Crippen LogP contribution < -0.4 is 48.8 Å². The number of likely N-dealkylation sites (N-methyl/N-ethyl adjacent to an activating group) is 2. The molecule has 2 aromatic carbocycles. The molecule has 4 aromatic rings. The molecule has 0 amide bonds. The van der Waals surface area contributed by atoms with Gasteiger partial charge in [0.25, 0.3) is 0 Å². The van der Waals surface area contributed by atoms with E-state index in [0.29, 0.717) is 28.4 Å². The largest absolute Gasteiger partial charge is 1.00 e. The van der Waals surface area contributed by atoms with Crippen LogP contribution in [0.5, 0.6) is 11.5 Å². The maximum atomic E-state index is 11.7. The van der Waals surface area contributed by atoms with Gasteiger partial charge in [-0.1, -0.05) is 22.7 Å². The summed E-state index contributed by atoms with van der Waals surface area (Å²) in [5, 5.41) is 31.6. The molecule has 0 atom stereocenters. The van der Waals surface area contributed by atoms with Crippen LogP contribution in [-0.4, -0.2) is 145 Å². The fourth-order valence-electron chi connectivity index (χ4n) is 5.23. The van der Waals surface area contributed by atoms with Gasteiger partial charge in [0, 0.05) is 75.9 Å². The molecule has 18 nitrogen and oxygen atoms in total. The normalized spacial score (nSPS) is 14.3. The van der Waals surface area contributed by atoms with Gasteiger partial charge in [-0.05, 0) is 45.3 Å². The van der Waals surface area contributed by atoms with E-state index in [2.05, 4.69) is 70.8 Å². The molecule has 6 rings (SSSR count). The SMILES string of the molecule is CCOC(=O)c1nnc(Nc2ccc(N3CCN(C)CC3)cc2OC)s1.COc1cc(N2CCN(C)CC2)ccc1Nc1nnc(C(=O)O)s1.O.[Li+].[OH-]. The van der Waals surface area contributed by atoms with Gasteiger partial charge in [-0.3, -0.25) is 0 Å². The van der Waals surface area contributed by atoms with Crippen molar-refractivity contribution in [3.8, 4) is 11.5 Å². The third-order valence-electron chi connectivity index (χ3n) is 8.07. The maximum absolute atomic E-state index is 11.7. The van der Waals surface area contributed by atoms with Crippen molar-refractivity contribution < 1.29 is 58.7 Å². The molecule has 4 heterocycles. The Morgan fingerprint density at radius 1 is 0.736 bits per heavy atom. The maximum Gasteiger partial charge on any atom is 1.00 e. The third-order valence-corrected chi connectivity index (χ3v) is 9.72. The fraction of sp³-hybridized carbons (Fsp3) is 0.438. The topological polar surface area (TPSA) is 232 Å². The summed E-state index contributed by atoms with van der Waals surface area (Å²) >= 11 is 2.13. The monoisotopic (exact) mass is 768 g/mol. The molecule has 284 valence electrons. The fourth-order valence-corrected chi connectivity index (χ4v) is 6.47. The number of piperazine rings is 2. The molecule has 0 spiro atoms. The summed E-state index contributed by atoms with van der Waals surface area (Å²) in [5.41, 5.74) is 3.74. The van der Waals surface area contributed by atoms with E-state index in [-0.39, 0.29) is 39.8 Å². The number of esters is 1. The first-order valence-electron chi connectivity index (χ1n) is 16.0. The number of carbonyl (C=O) groups excluding carboxylic acids is 1. The van der Waals surface area contributed by atoms with Gasteiger partial charge in [-0.15, -0.1) is 20.4 Å². The number of hydrogen-bond acceptors (Lipinski definition) is 18. The minimum absolute atomic E-state index is 0. The van der Waals surface area contributed by atoms with Crippen molar-refractivity contribution in [1.82, 2.24) is 30.2 Å². The van der Waals surface area contributed by atoms with Gasteiger partial charge >= 0.3 is 30.8 Å². The van der Waals surface area contributed by atoms with Crippen molar-refractivity contribution in [3.05, 3.63) is 46.4 Å². The molecule has 0 saturated carbocycles. The quantitative estimate of drug-likeness (QED) is 0.134. The molecule has 0 bridgehead atoms. The van der Waals surface area contributed by atoms with Crippen LogP contribution in [0.4, 0.5) is 33.0 Å². The summed E-state index contributed by atoms with van der Waals surface area (Å²) < 4.78 is 15.9. The number of hydrogen-bond donors (Lipinski definition) is 3. The average Bonchev–Trinajstić information content (AvgIpc) is 3.80. The number of aromatic carboxylic acids is 1. The summed E-state index contributed by atoms with van der Waals surface area (Å²) in [6.07, 6.45) is 0. The zero-order valence-corrected chi connectivity index (χ0v) is 32.3. The van der Waals surface area contributed by atoms with Crippen molar-refractivity contribution in [2.75, 3.05) is 108 Å². The molecule has 2 aliphatic rings. The van der Waals surface area contributed by atoms with E-state index < -0.39 is 11.9 Å². The summed E-state index contributed by atoms with van der Waals surface area (Å²) in [4.78, 5) is 31.9. The van der Waals surface area contributed by atoms with Crippen LogP contribution in [0.25, 0.3) is 0 Å². The Morgan fingerprint density at radius 3 is 1.53 bits per heavy atom. The van der Waals surface area contributed by atoms with Gasteiger partial charge in [-0.25, -0.2) is 9.59 Å². The van der Waals surface area contributed by atoms with Gasteiger partial charge in [-0.2, -0.15) is 0 Å². The van der Waals surface area contributed by atoms with Crippen LogP contribution in [0, 0.1) is 0 Å². The van der Waals surface area contributed by atoms with Crippen molar-refractivity contribution >= 4 is 67.6 Å². The van der Waals surface area contributed by atoms with Crippen LogP contribution >= 0.6 is 22.7 Å². The van der Waals surface area contributed by atoms with Crippen LogP contribution in [0.1, 0.15) is 26.5 Å². The molecule has 2 saturated heterocycles. The zero-order valence-electron chi connectivity index (χ0n) is 30.7. The molecule has 2 aliphatic heterocycles. The number of nitrogens with zero attached hydrogens (tertiary/aromatic N) is 8. The van der Waals surface area contributed by atoms with Crippen LogP contribution in [0.15, 0.2) is 36.4 Å². The van der Waals surface area contributed by atoms with Crippen LogP contribution in [0.3, 0.4) is 0 Å².